The van der Waals surface area contributed by atoms with E-state index in [1.807, 2.05) is 6.07 Å². The molecule has 6 heteroatoms. The van der Waals surface area contributed by atoms with E-state index < -0.39 is 5.54 Å². The lowest BCUT2D eigenvalue weighted by Crippen LogP contribution is -2.37. The van der Waals surface area contributed by atoms with Crippen molar-refractivity contribution in [2.45, 2.75) is 19.4 Å². The lowest BCUT2D eigenvalue weighted by molar-refractivity contribution is -0.122. The highest BCUT2D eigenvalue weighted by Gasteiger charge is 2.33. The van der Waals surface area contributed by atoms with Crippen molar-refractivity contribution in [1.29, 1.82) is 5.26 Å². The molecule has 90 valence electrons. The van der Waals surface area contributed by atoms with Gasteiger partial charge >= 0.3 is 0 Å². The molecule has 0 N–H and O–H groups in total. The van der Waals surface area contributed by atoms with Gasteiger partial charge in [-0.05, 0) is 13.8 Å². The van der Waals surface area contributed by atoms with E-state index in [4.69, 9.17) is 5.26 Å². The lowest BCUT2D eigenvalue weighted by atomic mass is 9.94. The molecule has 6 nitrogen and oxygen atoms in total. The topological polar surface area (TPSA) is 74.8 Å². The Balaban J connectivity index is 3.09. The summed E-state index contributed by atoms with van der Waals surface area (Å²) in [6.45, 7) is 3.40. The summed E-state index contributed by atoms with van der Waals surface area (Å²) in [6, 6.07) is 1.91. The maximum Gasteiger partial charge on any atom is 0.201 e. The quantitative estimate of drug-likeness (QED) is 0.561. The number of hydrogen-bond donors (Lipinski definition) is 0. The Morgan fingerprint density at radius 3 is 2.59 bits per heavy atom. The monoisotopic (exact) mass is 233 g/mol. The fraction of sp³-hybridized carbons (Fsp3) is 0.455. The third kappa shape index (κ3) is 2.69. The van der Waals surface area contributed by atoms with E-state index >= 15 is 0 Å². The van der Waals surface area contributed by atoms with Crippen molar-refractivity contribution < 1.29 is 4.79 Å². The van der Waals surface area contributed by atoms with Gasteiger partial charge in [-0.25, -0.2) is 9.67 Å². The number of Topliss-reactive ketones (excluding diaryl/α,β-unsaturated/α-hetero) is 1. The Bertz CT molecular complexity index is 465. The summed E-state index contributed by atoms with van der Waals surface area (Å²) in [6.07, 6.45) is 4.32. The van der Waals surface area contributed by atoms with Crippen molar-refractivity contribution in [3.05, 3.63) is 24.4 Å². The molecule has 0 amide bonds. The summed E-state index contributed by atoms with van der Waals surface area (Å²) in [7, 11) is 3.51. The van der Waals surface area contributed by atoms with E-state index in [2.05, 4.69) is 10.1 Å². The maximum absolute atomic E-state index is 12.2. The first-order valence-corrected chi connectivity index (χ1v) is 5.08. The molecule has 1 heterocycles. The minimum atomic E-state index is -0.923. The van der Waals surface area contributed by atoms with E-state index in [-0.39, 0.29) is 11.4 Å². The SMILES string of the molecule is CN(C)C=C(C#N)C(=O)C(C)(C)n1cncn1. The highest BCUT2D eigenvalue weighted by molar-refractivity contribution is 6.03. The van der Waals surface area contributed by atoms with Crippen molar-refractivity contribution in [1.82, 2.24) is 19.7 Å². The van der Waals surface area contributed by atoms with E-state index in [1.165, 1.54) is 23.5 Å². The summed E-state index contributed by atoms with van der Waals surface area (Å²) in [5.74, 6) is -0.292. The van der Waals surface area contributed by atoms with Gasteiger partial charge in [-0.2, -0.15) is 10.4 Å². The van der Waals surface area contributed by atoms with Crippen LogP contribution in [-0.4, -0.2) is 39.5 Å². The van der Waals surface area contributed by atoms with Gasteiger partial charge in [-0.1, -0.05) is 0 Å². The Morgan fingerprint density at radius 1 is 1.53 bits per heavy atom. The van der Waals surface area contributed by atoms with Crippen LogP contribution in [0.25, 0.3) is 0 Å². The van der Waals surface area contributed by atoms with Crippen LogP contribution < -0.4 is 0 Å². The summed E-state index contributed by atoms with van der Waals surface area (Å²) in [5, 5.41) is 12.9. The molecule has 0 bridgehead atoms. The number of hydrogen-bond acceptors (Lipinski definition) is 5. The average Bonchev–Trinajstić information content (AvgIpc) is 2.78. The molecule has 17 heavy (non-hydrogen) atoms. The summed E-state index contributed by atoms with van der Waals surface area (Å²) in [5.41, 5.74) is -0.829. The third-order valence-electron chi connectivity index (χ3n) is 2.30. The Hall–Kier alpha value is -2.16. The summed E-state index contributed by atoms with van der Waals surface area (Å²) < 4.78 is 1.44. The average molecular weight is 233 g/mol. The highest BCUT2D eigenvalue weighted by atomic mass is 16.1. The summed E-state index contributed by atoms with van der Waals surface area (Å²) in [4.78, 5) is 17.7. The Morgan fingerprint density at radius 2 is 2.18 bits per heavy atom. The van der Waals surface area contributed by atoms with Crippen LogP contribution in [0.15, 0.2) is 24.4 Å². The van der Waals surface area contributed by atoms with Crippen molar-refractivity contribution in [3.63, 3.8) is 0 Å². The third-order valence-corrected chi connectivity index (χ3v) is 2.30. The van der Waals surface area contributed by atoms with Crippen molar-refractivity contribution >= 4 is 5.78 Å². The fourth-order valence-corrected chi connectivity index (χ4v) is 1.33. The van der Waals surface area contributed by atoms with Gasteiger partial charge in [0.25, 0.3) is 0 Å². The highest BCUT2D eigenvalue weighted by Crippen LogP contribution is 2.19. The molecule has 0 aliphatic heterocycles. The molecule has 1 rings (SSSR count). The van der Waals surface area contributed by atoms with Crippen molar-refractivity contribution in [3.8, 4) is 6.07 Å². The van der Waals surface area contributed by atoms with Crippen LogP contribution in [0.2, 0.25) is 0 Å². The Labute approximate surface area is 100 Å². The molecular formula is C11H15N5O. The second-order valence-electron chi connectivity index (χ2n) is 4.35. The van der Waals surface area contributed by atoms with Crippen LogP contribution in [0.5, 0.6) is 0 Å². The number of ketones is 1. The largest absolute Gasteiger partial charge is 0.382 e. The number of allylic oxidation sites excluding steroid dienone is 1. The molecule has 0 unspecified atom stereocenters. The normalized spacial score (nSPS) is 12.1. The molecule has 0 saturated heterocycles. The zero-order chi connectivity index (χ0) is 13.1. The number of nitrogens with zero attached hydrogens (tertiary/aromatic N) is 5. The van der Waals surface area contributed by atoms with E-state index in [0.717, 1.165) is 0 Å². The van der Waals surface area contributed by atoms with Crippen LogP contribution in [0.3, 0.4) is 0 Å². The molecule has 1 aromatic rings. The van der Waals surface area contributed by atoms with Gasteiger partial charge < -0.3 is 4.90 Å². The molecule has 0 saturated carbocycles. The lowest BCUT2D eigenvalue weighted by Gasteiger charge is -2.22. The Kier molecular flexibility index (Phi) is 3.63. The molecule has 0 aliphatic carbocycles. The van der Waals surface area contributed by atoms with Crippen molar-refractivity contribution in [2.75, 3.05) is 14.1 Å². The predicted molar refractivity (Wildman–Crippen MR) is 61.7 cm³/mol. The minimum Gasteiger partial charge on any atom is -0.382 e. The van der Waals surface area contributed by atoms with E-state index in [9.17, 15) is 4.79 Å². The van der Waals surface area contributed by atoms with Gasteiger partial charge in [0.2, 0.25) is 5.78 Å². The van der Waals surface area contributed by atoms with Crippen LogP contribution in [0.1, 0.15) is 13.8 Å². The van der Waals surface area contributed by atoms with Gasteiger partial charge in [-0.15, -0.1) is 0 Å². The number of rotatable bonds is 4. The van der Waals surface area contributed by atoms with Crippen LogP contribution in [0.4, 0.5) is 0 Å². The van der Waals surface area contributed by atoms with Crippen LogP contribution in [0, 0.1) is 11.3 Å². The molecule has 0 fully saturated rings. The van der Waals surface area contributed by atoms with Gasteiger partial charge in [-0.3, -0.25) is 4.79 Å². The first-order valence-electron chi connectivity index (χ1n) is 5.08. The standard InChI is InChI=1S/C11H15N5O/c1-11(2,16-8-13-7-14-16)10(17)9(5-12)6-15(3)4/h6-8H,1-4H3. The first kappa shape index (κ1) is 12.9. The summed E-state index contributed by atoms with van der Waals surface area (Å²) >= 11 is 0. The second-order valence-corrected chi connectivity index (χ2v) is 4.35. The van der Waals surface area contributed by atoms with Gasteiger partial charge in [0.15, 0.2) is 0 Å². The van der Waals surface area contributed by atoms with Gasteiger partial charge in [0.05, 0.1) is 0 Å². The zero-order valence-electron chi connectivity index (χ0n) is 10.4. The number of nitriles is 1. The number of carbonyl (C=O) groups excluding carboxylic acids is 1. The van der Waals surface area contributed by atoms with Crippen molar-refractivity contribution in [2.24, 2.45) is 0 Å². The molecule has 0 aromatic carbocycles. The molecule has 1 aromatic heterocycles. The van der Waals surface area contributed by atoms with E-state index in [1.54, 1.807) is 32.8 Å². The van der Waals surface area contributed by atoms with Gasteiger partial charge in [0.1, 0.15) is 29.8 Å². The molecule has 0 radical (unpaired) electrons. The first-order chi connectivity index (χ1) is 7.89. The molecular weight excluding hydrogens is 218 g/mol. The van der Waals surface area contributed by atoms with Crippen LogP contribution in [-0.2, 0) is 10.3 Å². The predicted octanol–water partition coefficient (Wildman–Crippen LogP) is 0.551. The zero-order valence-corrected chi connectivity index (χ0v) is 10.4. The van der Waals surface area contributed by atoms with E-state index in [0.29, 0.717) is 0 Å². The molecule has 0 atom stereocenters. The smallest absolute Gasteiger partial charge is 0.201 e. The minimum absolute atomic E-state index is 0.0931. The maximum atomic E-state index is 12.2. The molecule has 0 spiro atoms. The second kappa shape index (κ2) is 4.78. The van der Waals surface area contributed by atoms with Crippen LogP contribution >= 0.6 is 0 Å². The fourth-order valence-electron chi connectivity index (χ4n) is 1.33. The number of carbonyl (C=O) groups is 1. The molecule has 0 aliphatic rings. The number of aromatic nitrogens is 3. The van der Waals surface area contributed by atoms with Gasteiger partial charge in [0, 0.05) is 20.3 Å².